The summed E-state index contributed by atoms with van der Waals surface area (Å²) in [5.74, 6) is 2.28. The lowest BCUT2D eigenvalue weighted by Crippen LogP contribution is -2.42. The largest absolute Gasteiger partial charge is 0.493 e. The number of rotatable bonds is 3. The van der Waals surface area contributed by atoms with Crippen LogP contribution in [-0.2, 0) is 10.2 Å². The third-order valence-electron chi connectivity index (χ3n) is 5.33. The molecule has 1 amide bonds. The van der Waals surface area contributed by atoms with Crippen LogP contribution in [0.3, 0.4) is 0 Å². The van der Waals surface area contributed by atoms with Gasteiger partial charge in [-0.3, -0.25) is 4.79 Å². The van der Waals surface area contributed by atoms with E-state index in [-0.39, 0.29) is 11.9 Å². The number of ether oxygens (including phenoxy) is 3. The van der Waals surface area contributed by atoms with Crippen molar-refractivity contribution in [1.29, 1.82) is 0 Å². The highest BCUT2D eigenvalue weighted by atomic mass is 16.6. The number of carbonyl (C=O) groups excluding carboxylic acids is 1. The number of hydrogen-bond donors (Lipinski definition) is 1. The maximum Gasteiger partial charge on any atom is 0.230 e. The van der Waals surface area contributed by atoms with Gasteiger partial charge in [-0.15, -0.1) is 0 Å². The van der Waals surface area contributed by atoms with Gasteiger partial charge in [0.15, 0.2) is 11.5 Å². The number of carbonyl (C=O) groups is 1. The van der Waals surface area contributed by atoms with Gasteiger partial charge >= 0.3 is 0 Å². The predicted octanol–water partition coefficient (Wildman–Crippen LogP) is 3.77. The normalized spacial score (nSPS) is 18.7. The van der Waals surface area contributed by atoms with Crippen LogP contribution in [0.5, 0.6) is 17.2 Å². The van der Waals surface area contributed by atoms with Gasteiger partial charge in [0.05, 0.1) is 18.1 Å². The lowest BCUT2D eigenvalue weighted by molar-refractivity contribution is -0.126. The Kier molecular flexibility index (Phi) is 4.68. The highest BCUT2D eigenvalue weighted by molar-refractivity contribution is 5.88. The van der Waals surface area contributed by atoms with Crippen molar-refractivity contribution in [1.82, 2.24) is 5.32 Å². The molecule has 4 rings (SSSR count). The second-order valence-electron chi connectivity index (χ2n) is 7.54. The zero-order valence-electron chi connectivity index (χ0n) is 15.8. The molecule has 1 unspecified atom stereocenters. The molecule has 0 saturated carbocycles. The minimum Gasteiger partial charge on any atom is -0.493 e. The Labute approximate surface area is 159 Å². The zero-order chi connectivity index (χ0) is 18.9. The Bertz CT molecular complexity index is 846. The van der Waals surface area contributed by atoms with Gasteiger partial charge in [-0.1, -0.05) is 24.3 Å². The Hall–Kier alpha value is -2.69. The van der Waals surface area contributed by atoms with Crippen LogP contribution in [0, 0.1) is 0 Å². The second-order valence-corrected chi connectivity index (χ2v) is 7.54. The number of fused-ring (bicyclic) bond motifs is 2. The van der Waals surface area contributed by atoms with Crippen LogP contribution >= 0.6 is 0 Å². The molecule has 2 aliphatic rings. The van der Waals surface area contributed by atoms with Gasteiger partial charge in [0.25, 0.3) is 0 Å². The fraction of sp³-hybridized carbons (Fsp3) is 0.409. The van der Waals surface area contributed by atoms with Gasteiger partial charge in [0.2, 0.25) is 5.91 Å². The molecule has 5 heteroatoms. The molecule has 2 aliphatic heterocycles. The first-order chi connectivity index (χ1) is 13.1. The summed E-state index contributed by atoms with van der Waals surface area (Å²) in [5, 5.41) is 3.24. The summed E-state index contributed by atoms with van der Waals surface area (Å²) in [7, 11) is 0. The molecule has 0 bridgehead atoms. The van der Waals surface area contributed by atoms with E-state index in [2.05, 4.69) is 5.32 Å². The average molecular weight is 367 g/mol. The van der Waals surface area contributed by atoms with E-state index in [0.717, 1.165) is 35.5 Å². The maximum atomic E-state index is 13.2. The number of amides is 1. The predicted molar refractivity (Wildman–Crippen MR) is 103 cm³/mol. The number of para-hydroxylation sites is 1. The fourth-order valence-corrected chi connectivity index (χ4v) is 3.58. The third kappa shape index (κ3) is 3.46. The van der Waals surface area contributed by atoms with E-state index in [1.165, 1.54) is 0 Å². The maximum absolute atomic E-state index is 13.2. The second kappa shape index (κ2) is 7.14. The molecule has 27 heavy (non-hydrogen) atoms. The summed E-state index contributed by atoms with van der Waals surface area (Å²) in [6.45, 7) is 5.63. The Morgan fingerprint density at radius 2 is 1.70 bits per heavy atom. The average Bonchev–Trinajstić information content (AvgIpc) is 2.90. The van der Waals surface area contributed by atoms with E-state index in [4.69, 9.17) is 14.2 Å². The topological polar surface area (TPSA) is 56.8 Å². The molecule has 0 saturated heterocycles. The molecule has 0 fully saturated rings. The Morgan fingerprint density at radius 3 is 2.56 bits per heavy atom. The molecule has 1 atom stereocenters. The monoisotopic (exact) mass is 367 g/mol. The number of nitrogens with one attached hydrogen (secondary N) is 1. The number of hydrogen-bond acceptors (Lipinski definition) is 4. The third-order valence-corrected chi connectivity index (χ3v) is 5.33. The molecule has 0 aliphatic carbocycles. The molecule has 5 nitrogen and oxygen atoms in total. The van der Waals surface area contributed by atoms with E-state index in [1.54, 1.807) is 0 Å². The van der Waals surface area contributed by atoms with Gasteiger partial charge in [0.1, 0.15) is 19.0 Å². The van der Waals surface area contributed by atoms with Crippen LogP contribution in [0.2, 0.25) is 0 Å². The molecular formula is C22H25NO4. The van der Waals surface area contributed by atoms with E-state index in [1.807, 2.05) is 56.3 Å². The summed E-state index contributed by atoms with van der Waals surface area (Å²) >= 11 is 0. The zero-order valence-corrected chi connectivity index (χ0v) is 15.8. The Morgan fingerprint density at radius 1 is 0.963 bits per heavy atom. The molecule has 2 heterocycles. The van der Waals surface area contributed by atoms with Crippen molar-refractivity contribution in [3.8, 4) is 17.2 Å². The summed E-state index contributed by atoms with van der Waals surface area (Å²) in [4.78, 5) is 13.2. The molecular weight excluding hydrogens is 342 g/mol. The van der Waals surface area contributed by atoms with Crippen molar-refractivity contribution in [2.75, 3.05) is 19.8 Å². The van der Waals surface area contributed by atoms with Gasteiger partial charge in [-0.2, -0.15) is 0 Å². The van der Waals surface area contributed by atoms with Crippen molar-refractivity contribution in [2.24, 2.45) is 0 Å². The lowest BCUT2D eigenvalue weighted by Gasteiger charge is -2.29. The van der Waals surface area contributed by atoms with Gasteiger partial charge in [-0.05, 0) is 50.5 Å². The van der Waals surface area contributed by atoms with Crippen LogP contribution in [0.15, 0.2) is 42.5 Å². The summed E-state index contributed by atoms with van der Waals surface area (Å²) in [6, 6.07) is 13.6. The van der Waals surface area contributed by atoms with Crippen molar-refractivity contribution in [3.63, 3.8) is 0 Å². The molecule has 2 aromatic rings. The van der Waals surface area contributed by atoms with Crippen molar-refractivity contribution in [3.05, 3.63) is 53.6 Å². The van der Waals surface area contributed by atoms with E-state index in [9.17, 15) is 4.79 Å². The SMILES string of the molecule is CC(C)(C(=O)NC1CCCOc2ccccc21)c1ccc2c(c1)OCCO2. The summed E-state index contributed by atoms with van der Waals surface area (Å²) in [6.07, 6.45) is 1.77. The molecule has 142 valence electrons. The minimum atomic E-state index is -0.696. The molecule has 1 N–H and O–H groups in total. The molecule has 2 aromatic carbocycles. The first-order valence-electron chi connectivity index (χ1n) is 9.48. The van der Waals surface area contributed by atoms with Gasteiger partial charge in [-0.25, -0.2) is 0 Å². The van der Waals surface area contributed by atoms with Crippen LogP contribution < -0.4 is 19.5 Å². The van der Waals surface area contributed by atoms with E-state index >= 15 is 0 Å². The number of benzene rings is 2. The first-order valence-corrected chi connectivity index (χ1v) is 9.48. The van der Waals surface area contributed by atoms with Crippen molar-refractivity contribution >= 4 is 5.91 Å². The quantitative estimate of drug-likeness (QED) is 0.897. The van der Waals surface area contributed by atoms with Crippen molar-refractivity contribution in [2.45, 2.75) is 38.1 Å². The van der Waals surface area contributed by atoms with Crippen LogP contribution in [0.1, 0.15) is 43.9 Å². The highest BCUT2D eigenvalue weighted by Crippen LogP contribution is 2.36. The molecule has 0 radical (unpaired) electrons. The van der Waals surface area contributed by atoms with Crippen LogP contribution in [0.25, 0.3) is 0 Å². The van der Waals surface area contributed by atoms with Crippen molar-refractivity contribution < 1.29 is 19.0 Å². The Balaban J connectivity index is 1.57. The molecule has 0 aromatic heterocycles. The highest BCUT2D eigenvalue weighted by Gasteiger charge is 2.33. The summed E-state index contributed by atoms with van der Waals surface area (Å²) < 4.78 is 17.1. The van der Waals surface area contributed by atoms with Gasteiger partial charge in [0, 0.05) is 5.56 Å². The smallest absolute Gasteiger partial charge is 0.230 e. The van der Waals surface area contributed by atoms with E-state index in [0.29, 0.717) is 25.6 Å². The summed E-state index contributed by atoms with van der Waals surface area (Å²) in [5.41, 5.74) is 1.25. The fourth-order valence-electron chi connectivity index (χ4n) is 3.58. The van der Waals surface area contributed by atoms with Crippen LogP contribution in [0.4, 0.5) is 0 Å². The first kappa shape index (κ1) is 17.7. The minimum absolute atomic E-state index is 0.0131. The lowest BCUT2D eigenvalue weighted by atomic mass is 9.83. The standard InChI is InChI=1S/C22H25NO4/c1-22(2,15-9-10-19-20(14-15)27-13-12-26-19)21(24)23-17-7-5-11-25-18-8-4-3-6-16(17)18/h3-4,6,8-10,14,17H,5,7,11-13H2,1-2H3,(H,23,24). The van der Waals surface area contributed by atoms with E-state index < -0.39 is 5.41 Å². The molecule has 0 spiro atoms. The van der Waals surface area contributed by atoms with Crippen LogP contribution in [-0.4, -0.2) is 25.7 Å². The van der Waals surface area contributed by atoms with Gasteiger partial charge < -0.3 is 19.5 Å².